The van der Waals surface area contributed by atoms with Crippen LogP contribution in [0.25, 0.3) is 0 Å². The van der Waals surface area contributed by atoms with Gasteiger partial charge in [0.2, 0.25) is 11.8 Å². The zero-order valence-electron chi connectivity index (χ0n) is 27.6. The fourth-order valence-electron chi connectivity index (χ4n) is 7.82. The molecule has 0 aliphatic carbocycles. The number of carbonyl (C=O) groups is 2. The van der Waals surface area contributed by atoms with Crippen molar-refractivity contribution in [1.29, 1.82) is 0 Å². The number of aliphatic hydroxyl groups excluding tert-OH is 1. The van der Waals surface area contributed by atoms with E-state index in [0.29, 0.717) is 25.8 Å². The molecule has 3 aliphatic heterocycles. The predicted molar refractivity (Wildman–Crippen MR) is 181 cm³/mol. The van der Waals surface area contributed by atoms with Gasteiger partial charge in [0.25, 0.3) is 0 Å². The minimum atomic E-state index is -2.41. The first-order chi connectivity index (χ1) is 22.2. The molecule has 0 saturated carbocycles. The molecule has 1 fully saturated rings. The molecule has 46 heavy (non-hydrogen) atoms. The van der Waals surface area contributed by atoms with E-state index in [9.17, 15) is 14.7 Å². The van der Waals surface area contributed by atoms with Crippen LogP contribution in [0.5, 0.6) is 11.5 Å². The van der Waals surface area contributed by atoms with E-state index in [1.807, 2.05) is 52.3 Å². The van der Waals surface area contributed by atoms with Gasteiger partial charge >= 0.3 is 0 Å². The molecule has 2 amide bonds. The third-order valence-electron chi connectivity index (χ3n) is 10.6. The lowest BCUT2D eigenvalue weighted by Gasteiger charge is -2.46. The highest BCUT2D eigenvalue weighted by Crippen LogP contribution is 2.48. The number of fused-ring (bicyclic) bond motifs is 2. The van der Waals surface area contributed by atoms with Gasteiger partial charge in [0.15, 0.2) is 0 Å². The van der Waals surface area contributed by atoms with Gasteiger partial charge in [-0.25, -0.2) is 0 Å². The second-order valence-corrected chi connectivity index (χ2v) is 18.3. The van der Waals surface area contributed by atoms with Crippen LogP contribution in [-0.4, -0.2) is 69.4 Å². The fourth-order valence-corrected chi connectivity index (χ4v) is 11.2. The summed E-state index contributed by atoms with van der Waals surface area (Å²) in [6.45, 7) is 7.91. The quantitative estimate of drug-likeness (QED) is 0.322. The summed E-state index contributed by atoms with van der Waals surface area (Å²) in [6, 6.07) is 22.1. The van der Waals surface area contributed by atoms with E-state index in [4.69, 9.17) is 14.2 Å². The number of anilines is 1. The van der Waals surface area contributed by atoms with Crippen LogP contribution >= 0.6 is 0 Å². The standard InChI is InChI=1S/C37H46N2O6Si/c1-24-36(44-3)31-20-27(38-18-8-11-34(38)41)12-17-32(31)45-37(24)33(46(4,5)30-15-13-29(43-2)14-16-30)21-35(42)39-22-26-10-7-6-9-25(26)19-28(39)23-40/h6-7,9-10,12-17,20,24,28,33,36-37,40H,8,11,18-19,21-23H2,1-5H3/t24-,28-,33?,36-,37-/m0/s1. The summed E-state index contributed by atoms with van der Waals surface area (Å²) in [6.07, 6.45) is 1.80. The van der Waals surface area contributed by atoms with Gasteiger partial charge in [0.1, 0.15) is 17.6 Å². The highest BCUT2D eigenvalue weighted by Gasteiger charge is 2.49. The number of rotatable bonds is 9. The van der Waals surface area contributed by atoms with Crippen molar-refractivity contribution in [3.63, 3.8) is 0 Å². The monoisotopic (exact) mass is 642 g/mol. The van der Waals surface area contributed by atoms with Crippen molar-refractivity contribution < 1.29 is 28.9 Å². The number of methoxy groups -OCH3 is 2. The largest absolute Gasteiger partial charge is 0.497 e. The van der Waals surface area contributed by atoms with Gasteiger partial charge in [-0.1, -0.05) is 61.6 Å². The van der Waals surface area contributed by atoms with E-state index in [2.05, 4.69) is 44.3 Å². The number of benzene rings is 3. The molecule has 1 N–H and O–H groups in total. The van der Waals surface area contributed by atoms with Crippen molar-refractivity contribution in [2.75, 3.05) is 32.3 Å². The molecule has 5 atom stereocenters. The van der Waals surface area contributed by atoms with Crippen LogP contribution in [-0.2, 0) is 27.3 Å². The molecule has 9 heteroatoms. The summed E-state index contributed by atoms with van der Waals surface area (Å²) in [5.74, 6) is 1.64. The van der Waals surface area contributed by atoms with E-state index >= 15 is 0 Å². The Hall–Kier alpha value is -3.66. The second kappa shape index (κ2) is 13.2. The lowest BCUT2D eigenvalue weighted by Crippen LogP contribution is -2.56. The molecule has 0 spiro atoms. The van der Waals surface area contributed by atoms with E-state index in [1.165, 1.54) is 10.8 Å². The van der Waals surface area contributed by atoms with Crippen LogP contribution in [0.2, 0.25) is 18.6 Å². The Morgan fingerprint density at radius 3 is 2.46 bits per heavy atom. The number of hydrogen-bond acceptors (Lipinski definition) is 6. The third kappa shape index (κ3) is 5.96. The maximum Gasteiger partial charge on any atom is 0.227 e. The highest BCUT2D eigenvalue weighted by atomic mass is 28.3. The van der Waals surface area contributed by atoms with Crippen molar-refractivity contribution >= 4 is 30.8 Å². The van der Waals surface area contributed by atoms with Crippen LogP contribution in [0.4, 0.5) is 5.69 Å². The summed E-state index contributed by atoms with van der Waals surface area (Å²) in [5, 5.41) is 11.6. The molecule has 0 radical (unpaired) electrons. The molecular formula is C37H46N2O6Si. The normalized spacial score (nSPS) is 23.4. The minimum absolute atomic E-state index is 0.0334. The van der Waals surface area contributed by atoms with Gasteiger partial charge < -0.3 is 29.1 Å². The first-order valence-corrected chi connectivity index (χ1v) is 19.5. The van der Waals surface area contributed by atoms with E-state index in [0.717, 1.165) is 41.3 Å². The van der Waals surface area contributed by atoms with E-state index in [1.54, 1.807) is 14.2 Å². The van der Waals surface area contributed by atoms with Crippen molar-refractivity contribution in [2.24, 2.45) is 5.92 Å². The van der Waals surface area contributed by atoms with Crippen LogP contribution in [0.15, 0.2) is 66.7 Å². The predicted octanol–water partition coefficient (Wildman–Crippen LogP) is 5.23. The highest BCUT2D eigenvalue weighted by molar-refractivity contribution is 6.91. The Kier molecular flexibility index (Phi) is 9.28. The molecule has 0 bridgehead atoms. The zero-order chi connectivity index (χ0) is 32.6. The Morgan fingerprint density at radius 2 is 1.80 bits per heavy atom. The van der Waals surface area contributed by atoms with Gasteiger partial charge in [0, 0.05) is 55.8 Å². The summed E-state index contributed by atoms with van der Waals surface area (Å²) in [5.41, 5.74) is 4.02. The second-order valence-electron chi connectivity index (χ2n) is 13.6. The molecule has 3 aromatic rings. The maximum atomic E-state index is 14.4. The fraction of sp³-hybridized carbons (Fsp3) is 0.459. The number of nitrogens with zero attached hydrogens (tertiary/aromatic N) is 2. The van der Waals surface area contributed by atoms with Gasteiger partial charge in [0.05, 0.1) is 33.9 Å². The molecule has 244 valence electrons. The Labute approximate surface area is 273 Å². The number of aliphatic hydroxyl groups is 1. The zero-order valence-corrected chi connectivity index (χ0v) is 28.6. The van der Waals surface area contributed by atoms with Crippen molar-refractivity contribution in [1.82, 2.24) is 4.90 Å². The number of amides is 2. The van der Waals surface area contributed by atoms with Gasteiger partial charge in [-0.15, -0.1) is 0 Å². The molecular weight excluding hydrogens is 597 g/mol. The molecule has 1 unspecified atom stereocenters. The molecule has 1 saturated heterocycles. The van der Waals surface area contributed by atoms with E-state index in [-0.39, 0.29) is 48.1 Å². The maximum absolute atomic E-state index is 14.4. The summed E-state index contributed by atoms with van der Waals surface area (Å²) in [7, 11) is 0.984. The smallest absolute Gasteiger partial charge is 0.227 e. The van der Waals surface area contributed by atoms with Gasteiger partial charge in [-0.2, -0.15) is 0 Å². The van der Waals surface area contributed by atoms with Crippen LogP contribution in [0, 0.1) is 5.92 Å². The Bertz CT molecular complexity index is 1580. The minimum Gasteiger partial charge on any atom is -0.497 e. The molecule has 0 aromatic heterocycles. The van der Waals surface area contributed by atoms with Crippen LogP contribution < -0.4 is 19.6 Å². The van der Waals surface area contributed by atoms with Gasteiger partial charge in [-0.3, -0.25) is 9.59 Å². The van der Waals surface area contributed by atoms with Gasteiger partial charge in [-0.05, 0) is 54.3 Å². The number of carbonyl (C=O) groups excluding carboxylic acids is 2. The average Bonchev–Trinajstić information content (AvgIpc) is 3.51. The molecule has 3 aliphatic rings. The lowest BCUT2D eigenvalue weighted by atomic mass is 9.86. The molecule has 3 aromatic carbocycles. The Balaban J connectivity index is 1.36. The summed E-state index contributed by atoms with van der Waals surface area (Å²) >= 11 is 0. The first kappa shape index (κ1) is 32.3. The summed E-state index contributed by atoms with van der Waals surface area (Å²) < 4.78 is 18.6. The van der Waals surface area contributed by atoms with Crippen molar-refractivity contribution in [3.8, 4) is 11.5 Å². The molecule has 6 rings (SSSR count). The number of ether oxygens (including phenoxy) is 3. The number of hydrogen-bond donors (Lipinski definition) is 1. The first-order valence-electron chi connectivity index (χ1n) is 16.4. The third-order valence-corrected chi connectivity index (χ3v) is 14.8. The molecule has 3 heterocycles. The SMILES string of the molecule is COc1ccc([Si](C)(C)C(CC(=O)N2Cc3ccccc3C[C@H]2CO)[C@H]2Oc3ccc(N4CCCC4=O)cc3[C@@H](OC)[C@@H]2C)cc1. The summed E-state index contributed by atoms with van der Waals surface area (Å²) in [4.78, 5) is 30.7. The van der Waals surface area contributed by atoms with Crippen molar-refractivity contribution in [3.05, 3.63) is 83.4 Å². The lowest BCUT2D eigenvalue weighted by molar-refractivity contribution is -0.136. The topological polar surface area (TPSA) is 88.5 Å². The molecule has 8 nitrogen and oxygen atoms in total. The van der Waals surface area contributed by atoms with E-state index < -0.39 is 8.07 Å². The van der Waals surface area contributed by atoms with Crippen LogP contribution in [0.1, 0.15) is 49.0 Å². The van der Waals surface area contributed by atoms with Crippen LogP contribution in [0.3, 0.4) is 0 Å². The average molecular weight is 643 g/mol. The van der Waals surface area contributed by atoms with Crippen molar-refractivity contribution in [2.45, 2.75) is 76.0 Å². The Morgan fingerprint density at radius 1 is 1.07 bits per heavy atom.